The Balaban J connectivity index is 2.54. The SMILES string of the molecule is COC(=O)c1nc(-c2cc(C(F)(F)F)ccc2F)sc1N. The summed E-state index contributed by atoms with van der Waals surface area (Å²) in [5.41, 5.74) is 3.89. The summed E-state index contributed by atoms with van der Waals surface area (Å²) >= 11 is 0.703. The summed E-state index contributed by atoms with van der Waals surface area (Å²) < 4.78 is 56.1. The Morgan fingerprint density at radius 2 is 2.05 bits per heavy atom. The number of halogens is 4. The standard InChI is InChI=1S/C12H8F4N2O2S/c1-20-11(19)8-9(17)21-10(18-8)6-4-5(12(14,15)16)2-3-7(6)13/h2-4H,17H2,1H3. The summed E-state index contributed by atoms with van der Waals surface area (Å²) in [6, 6.07) is 1.93. The highest BCUT2D eigenvalue weighted by molar-refractivity contribution is 7.19. The zero-order chi connectivity index (χ0) is 15.8. The molecule has 9 heteroatoms. The summed E-state index contributed by atoms with van der Waals surface area (Å²) in [5, 5.41) is -0.190. The van der Waals surface area contributed by atoms with E-state index in [9.17, 15) is 22.4 Å². The van der Waals surface area contributed by atoms with E-state index in [0.717, 1.165) is 7.11 Å². The van der Waals surface area contributed by atoms with Crippen LogP contribution in [0.4, 0.5) is 22.6 Å². The molecule has 2 rings (SSSR count). The van der Waals surface area contributed by atoms with Crippen molar-refractivity contribution in [2.45, 2.75) is 6.18 Å². The van der Waals surface area contributed by atoms with Gasteiger partial charge in [-0.1, -0.05) is 11.3 Å². The third-order valence-electron chi connectivity index (χ3n) is 2.56. The van der Waals surface area contributed by atoms with Crippen LogP contribution in [0.3, 0.4) is 0 Å². The highest BCUT2D eigenvalue weighted by Crippen LogP contribution is 2.36. The molecule has 0 aliphatic rings. The number of ether oxygens (including phenoxy) is 1. The topological polar surface area (TPSA) is 65.2 Å². The summed E-state index contributed by atoms with van der Waals surface area (Å²) in [5.74, 6) is -1.74. The van der Waals surface area contributed by atoms with Crippen LogP contribution in [0.1, 0.15) is 16.1 Å². The second-order valence-corrected chi connectivity index (χ2v) is 4.95. The first-order valence-electron chi connectivity index (χ1n) is 5.45. The van der Waals surface area contributed by atoms with Gasteiger partial charge in [0.25, 0.3) is 0 Å². The van der Waals surface area contributed by atoms with Gasteiger partial charge >= 0.3 is 12.1 Å². The quantitative estimate of drug-likeness (QED) is 0.681. The molecule has 2 aromatic rings. The molecule has 0 spiro atoms. The fourth-order valence-electron chi connectivity index (χ4n) is 1.56. The average Bonchev–Trinajstić information content (AvgIpc) is 2.79. The monoisotopic (exact) mass is 320 g/mol. The number of nitrogen functional groups attached to an aromatic ring is 1. The lowest BCUT2D eigenvalue weighted by atomic mass is 10.1. The van der Waals surface area contributed by atoms with Crippen LogP contribution in [0, 0.1) is 5.82 Å². The lowest BCUT2D eigenvalue weighted by Crippen LogP contribution is -2.06. The maximum absolute atomic E-state index is 13.7. The minimum atomic E-state index is -4.61. The smallest absolute Gasteiger partial charge is 0.416 e. The molecule has 0 radical (unpaired) electrons. The number of hydrogen-bond donors (Lipinski definition) is 1. The Labute approximate surface area is 120 Å². The lowest BCUT2D eigenvalue weighted by Gasteiger charge is -2.08. The van der Waals surface area contributed by atoms with Crippen LogP contribution in [-0.2, 0) is 10.9 Å². The van der Waals surface area contributed by atoms with Crippen LogP contribution in [0.5, 0.6) is 0 Å². The first-order chi connectivity index (χ1) is 9.74. The molecule has 0 fully saturated rings. The zero-order valence-electron chi connectivity index (χ0n) is 10.5. The molecular weight excluding hydrogens is 312 g/mol. The van der Waals surface area contributed by atoms with E-state index < -0.39 is 23.5 Å². The lowest BCUT2D eigenvalue weighted by molar-refractivity contribution is -0.137. The van der Waals surface area contributed by atoms with Gasteiger partial charge in [0.2, 0.25) is 0 Å². The van der Waals surface area contributed by atoms with Crippen LogP contribution in [0.25, 0.3) is 10.6 Å². The van der Waals surface area contributed by atoms with Crippen molar-refractivity contribution in [2.75, 3.05) is 12.8 Å². The minimum absolute atomic E-state index is 0.0614. The fraction of sp³-hybridized carbons (Fsp3) is 0.167. The van der Waals surface area contributed by atoms with E-state index in [2.05, 4.69) is 9.72 Å². The first kappa shape index (κ1) is 15.2. The molecule has 0 aliphatic heterocycles. The van der Waals surface area contributed by atoms with Crippen LogP contribution in [0.15, 0.2) is 18.2 Å². The van der Waals surface area contributed by atoms with E-state index in [4.69, 9.17) is 5.73 Å². The molecule has 0 amide bonds. The van der Waals surface area contributed by atoms with Crippen molar-refractivity contribution >= 4 is 22.3 Å². The molecule has 0 saturated carbocycles. The van der Waals surface area contributed by atoms with Gasteiger partial charge in [-0.3, -0.25) is 0 Å². The summed E-state index contributed by atoms with van der Waals surface area (Å²) in [6.45, 7) is 0. The number of aromatic nitrogens is 1. The summed E-state index contributed by atoms with van der Waals surface area (Å²) in [4.78, 5) is 15.1. The number of thiazole rings is 1. The number of nitrogens with two attached hydrogens (primary N) is 1. The molecule has 0 aliphatic carbocycles. The Kier molecular flexibility index (Phi) is 3.86. The zero-order valence-corrected chi connectivity index (χ0v) is 11.3. The van der Waals surface area contributed by atoms with Crippen molar-refractivity contribution in [3.8, 4) is 10.6 Å². The fourth-order valence-corrected chi connectivity index (χ4v) is 2.39. The second kappa shape index (κ2) is 5.32. The van der Waals surface area contributed by atoms with Gasteiger partial charge in [-0.15, -0.1) is 0 Å². The third kappa shape index (κ3) is 2.97. The van der Waals surface area contributed by atoms with Crippen LogP contribution >= 0.6 is 11.3 Å². The molecular formula is C12H8F4N2O2S. The van der Waals surface area contributed by atoms with E-state index in [0.29, 0.717) is 29.5 Å². The second-order valence-electron chi connectivity index (χ2n) is 3.92. The van der Waals surface area contributed by atoms with Gasteiger partial charge in [-0.25, -0.2) is 14.2 Å². The predicted octanol–water partition coefficient (Wildman–Crippen LogP) is 3.34. The van der Waals surface area contributed by atoms with Crippen molar-refractivity contribution in [2.24, 2.45) is 0 Å². The van der Waals surface area contributed by atoms with Gasteiger partial charge in [0.15, 0.2) is 5.69 Å². The van der Waals surface area contributed by atoms with Crippen molar-refractivity contribution in [3.05, 3.63) is 35.3 Å². The predicted molar refractivity (Wildman–Crippen MR) is 68.3 cm³/mol. The number of hydrogen-bond acceptors (Lipinski definition) is 5. The number of alkyl halides is 3. The van der Waals surface area contributed by atoms with Gasteiger partial charge in [0, 0.05) is 5.56 Å². The van der Waals surface area contributed by atoms with Crippen molar-refractivity contribution < 1.29 is 27.1 Å². The van der Waals surface area contributed by atoms with Gasteiger partial charge in [0.05, 0.1) is 12.7 Å². The number of methoxy groups -OCH3 is 1. The number of nitrogens with zero attached hydrogens (tertiary/aromatic N) is 1. The number of esters is 1. The summed E-state index contributed by atoms with van der Waals surface area (Å²) in [6.07, 6.45) is -4.61. The van der Waals surface area contributed by atoms with Crippen LogP contribution in [-0.4, -0.2) is 18.1 Å². The van der Waals surface area contributed by atoms with Gasteiger partial charge in [0.1, 0.15) is 15.8 Å². The normalized spacial score (nSPS) is 11.5. The van der Waals surface area contributed by atoms with Crippen molar-refractivity contribution in [1.29, 1.82) is 0 Å². The molecule has 0 bridgehead atoms. The molecule has 0 unspecified atom stereocenters. The molecule has 1 aromatic carbocycles. The Morgan fingerprint density at radius 1 is 1.38 bits per heavy atom. The Hall–Kier alpha value is -2.16. The first-order valence-corrected chi connectivity index (χ1v) is 6.27. The van der Waals surface area contributed by atoms with Crippen molar-refractivity contribution in [1.82, 2.24) is 4.98 Å². The molecule has 1 aromatic heterocycles. The van der Waals surface area contributed by atoms with Crippen LogP contribution in [0.2, 0.25) is 0 Å². The van der Waals surface area contributed by atoms with Gasteiger partial charge in [-0.2, -0.15) is 13.2 Å². The largest absolute Gasteiger partial charge is 0.464 e. The summed E-state index contributed by atoms with van der Waals surface area (Å²) in [7, 11) is 1.10. The molecule has 2 N–H and O–H groups in total. The molecule has 112 valence electrons. The van der Waals surface area contributed by atoms with Crippen molar-refractivity contribution in [3.63, 3.8) is 0 Å². The number of benzene rings is 1. The van der Waals surface area contributed by atoms with Gasteiger partial charge in [-0.05, 0) is 18.2 Å². The van der Waals surface area contributed by atoms with Gasteiger partial charge < -0.3 is 10.5 Å². The van der Waals surface area contributed by atoms with Crippen LogP contribution < -0.4 is 5.73 Å². The molecule has 0 saturated heterocycles. The molecule has 0 atom stereocenters. The van der Waals surface area contributed by atoms with E-state index in [-0.39, 0.29) is 21.3 Å². The third-order valence-corrected chi connectivity index (χ3v) is 3.47. The highest BCUT2D eigenvalue weighted by atomic mass is 32.1. The molecule has 1 heterocycles. The van der Waals surface area contributed by atoms with E-state index in [1.807, 2.05) is 0 Å². The number of carbonyl (C=O) groups excluding carboxylic acids is 1. The Morgan fingerprint density at radius 3 is 2.62 bits per heavy atom. The number of rotatable bonds is 2. The highest BCUT2D eigenvalue weighted by Gasteiger charge is 2.32. The maximum atomic E-state index is 13.7. The number of anilines is 1. The number of carbonyl (C=O) groups is 1. The molecule has 21 heavy (non-hydrogen) atoms. The minimum Gasteiger partial charge on any atom is -0.464 e. The Bertz CT molecular complexity index is 697. The van der Waals surface area contributed by atoms with E-state index in [1.165, 1.54) is 0 Å². The average molecular weight is 320 g/mol. The molecule has 4 nitrogen and oxygen atoms in total. The van der Waals surface area contributed by atoms with E-state index >= 15 is 0 Å². The maximum Gasteiger partial charge on any atom is 0.416 e. The van der Waals surface area contributed by atoms with E-state index in [1.54, 1.807) is 0 Å².